The molecule has 5 heterocycles. The van der Waals surface area contributed by atoms with Crippen LogP contribution in [0.5, 0.6) is 0 Å². The summed E-state index contributed by atoms with van der Waals surface area (Å²) in [7, 11) is 0. The number of H-pyrrole nitrogens is 1. The molecule has 0 radical (unpaired) electrons. The number of likely N-dealkylation sites (tertiary alicyclic amines) is 1. The molecule has 2 aliphatic rings. The second-order valence-corrected chi connectivity index (χ2v) is 8.50. The molecule has 3 aromatic heterocycles. The van der Waals surface area contributed by atoms with Crippen LogP contribution in [0.3, 0.4) is 0 Å². The van der Waals surface area contributed by atoms with E-state index >= 15 is 0 Å². The van der Waals surface area contributed by atoms with Crippen molar-refractivity contribution in [3.63, 3.8) is 0 Å². The van der Waals surface area contributed by atoms with E-state index in [2.05, 4.69) is 20.2 Å². The molecule has 2 bridgehead atoms. The fraction of sp³-hybridized carbons (Fsp3) is 0.435. The third-order valence-corrected chi connectivity index (χ3v) is 6.40. The number of rotatable bonds is 7. The Morgan fingerprint density at radius 2 is 2.19 bits per heavy atom. The summed E-state index contributed by atoms with van der Waals surface area (Å²) in [5.74, 6) is 2.09. The van der Waals surface area contributed by atoms with E-state index in [0.717, 1.165) is 49.6 Å². The van der Waals surface area contributed by atoms with Gasteiger partial charge in [0.1, 0.15) is 17.6 Å². The molecule has 1 saturated heterocycles. The summed E-state index contributed by atoms with van der Waals surface area (Å²) in [6.07, 6.45) is 7.70. The van der Waals surface area contributed by atoms with Crippen LogP contribution in [-0.4, -0.2) is 45.0 Å². The highest BCUT2D eigenvalue weighted by atomic mass is 16.3. The van der Waals surface area contributed by atoms with Gasteiger partial charge in [-0.1, -0.05) is 6.07 Å². The van der Waals surface area contributed by atoms with Gasteiger partial charge in [0.25, 0.3) is 5.56 Å². The number of carbonyl (C=O) groups is 1. The highest BCUT2D eigenvalue weighted by Crippen LogP contribution is 2.41. The fourth-order valence-corrected chi connectivity index (χ4v) is 5.12. The first-order valence-electron chi connectivity index (χ1n) is 10.9. The molecule has 3 atom stereocenters. The van der Waals surface area contributed by atoms with Gasteiger partial charge in [0.15, 0.2) is 0 Å². The molecule has 0 spiro atoms. The molecule has 5 rings (SSSR count). The number of aromatic amines is 1. The van der Waals surface area contributed by atoms with Crippen molar-refractivity contribution in [3.05, 3.63) is 76.6 Å². The largest absolute Gasteiger partial charge is 0.468 e. The summed E-state index contributed by atoms with van der Waals surface area (Å²) in [4.78, 5) is 35.7. The zero-order valence-electron chi connectivity index (χ0n) is 17.4. The van der Waals surface area contributed by atoms with Crippen molar-refractivity contribution in [1.82, 2.24) is 24.8 Å². The molecule has 2 N–H and O–H groups in total. The quantitative estimate of drug-likeness (QED) is 0.570. The van der Waals surface area contributed by atoms with Crippen LogP contribution in [-0.2, 0) is 17.8 Å². The number of furan rings is 1. The van der Waals surface area contributed by atoms with E-state index in [9.17, 15) is 9.59 Å². The lowest BCUT2D eigenvalue weighted by Gasteiger charge is -2.46. The Bertz CT molecular complexity index is 1070. The minimum atomic E-state index is -0.483. The summed E-state index contributed by atoms with van der Waals surface area (Å²) in [6, 6.07) is 8.75. The summed E-state index contributed by atoms with van der Waals surface area (Å²) in [6.45, 7) is 2.90. The highest BCUT2D eigenvalue weighted by molar-refractivity contribution is 5.81. The maximum absolute atomic E-state index is 13.3. The molecule has 31 heavy (non-hydrogen) atoms. The number of pyridine rings is 1. The summed E-state index contributed by atoms with van der Waals surface area (Å²) >= 11 is 0. The molecule has 0 aliphatic carbocycles. The second-order valence-electron chi connectivity index (χ2n) is 8.50. The Morgan fingerprint density at radius 1 is 1.26 bits per heavy atom. The topological polar surface area (TPSA) is 96.2 Å². The Morgan fingerprint density at radius 3 is 3.00 bits per heavy atom. The van der Waals surface area contributed by atoms with Crippen LogP contribution in [0.1, 0.15) is 42.1 Å². The van der Waals surface area contributed by atoms with Gasteiger partial charge in [-0.2, -0.15) is 0 Å². The Hall–Kier alpha value is -3.13. The number of carbonyl (C=O) groups excluding carboxylic acids is 1. The molecule has 0 saturated carbocycles. The van der Waals surface area contributed by atoms with Gasteiger partial charge in [-0.25, -0.2) is 4.98 Å². The Labute approximate surface area is 180 Å². The monoisotopic (exact) mass is 421 g/mol. The van der Waals surface area contributed by atoms with E-state index in [1.165, 1.54) is 0 Å². The van der Waals surface area contributed by atoms with E-state index in [-0.39, 0.29) is 23.3 Å². The van der Waals surface area contributed by atoms with Gasteiger partial charge >= 0.3 is 0 Å². The average molecular weight is 422 g/mol. The number of nitrogens with one attached hydrogen (secondary N) is 2. The first kappa shape index (κ1) is 19.8. The normalized spacial score (nSPS) is 22.8. The number of aromatic nitrogens is 3. The van der Waals surface area contributed by atoms with Crippen molar-refractivity contribution < 1.29 is 9.21 Å². The van der Waals surface area contributed by atoms with Gasteiger partial charge in [-0.15, -0.1) is 0 Å². The van der Waals surface area contributed by atoms with Gasteiger partial charge in [0, 0.05) is 62.0 Å². The van der Waals surface area contributed by atoms with Crippen molar-refractivity contribution in [2.45, 2.75) is 37.8 Å². The lowest BCUT2D eigenvalue weighted by atomic mass is 9.78. The Kier molecular flexibility index (Phi) is 5.46. The molecule has 1 fully saturated rings. The number of fused-ring (bicyclic) bond motifs is 4. The maximum Gasteiger partial charge on any atom is 0.251 e. The minimum Gasteiger partial charge on any atom is -0.468 e. The number of hydrogen-bond acceptors (Lipinski definition) is 5. The predicted molar refractivity (Wildman–Crippen MR) is 114 cm³/mol. The van der Waals surface area contributed by atoms with Gasteiger partial charge in [-0.3, -0.25) is 19.1 Å². The van der Waals surface area contributed by atoms with Crippen LogP contribution in [0.4, 0.5) is 0 Å². The highest BCUT2D eigenvalue weighted by Gasteiger charge is 2.43. The molecule has 162 valence electrons. The number of amides is 1. The smallest absolute Gasteiger partial charge is 0.251 e. The van der Waals surface area contributed by atoms with Gasteiger partial charge in [0.05, 0.1) is 12.8 Å². The molecule has 8 nitrogen and oxygen atoms in total. The van der Waals surface area contributed by atoms with Crippen molar-refractivity contribution in [2.24, 2.45) is 5.92 Å². The molecular formula is C23H27N5O3. The van der Waals surface area contributed by atoms with Gasteiger partial charge in [-0.05, 0) is 31.0 Å². The van der Waals surface area contributed by atoms with Crippen LogP contribution < -0.4 is 10.9 Å². The molecule has 1 amide bonds. The van der Waals surface area contributed by atoms with E-state index in [1.807, 2.05) is 18.2 Å². The van der Waals surface area contributed by atoms with Crippen molar-refractivity contribution >= 4 is 5.91 Å². The molecule has 2 aliphatic heterocycles. The number of aryl methyl sites for hydroxylation is 1. The zero-order chi connectivity index (χ0) is 21.2. The van der Waals surface area contributed by atoms with Crippen LogP contribution in [0.2, 0.25) is 0 Å². The minimum absolute atomic E-state index is 0.0720. The fourth-order valence-electron chi connectivity index (χ4n) is 5.12. The van der Waals surface area contributed by atoms with Crippen LogP contribution in [0.25, 0.3) is 0 Å². The number of hydrogen-bond donors (Lipinski definition) is 2. The van der Waals surface area contributed by atoms with Crippen molar-refractivity contribution in [3.8, 4) is 0 Å². The van der Waals surface area contributed by atoms with Crippen LogP contribution >= 0.6 is 0 Å². The van der Waals surface area contributed by atoms with Crippen LogP contribution in [0, 0.1) is 5.92 Å². The van der Waals surface area contributed by atoms with E-state index in [4.69, 9.17) is 4.42 Å². The Balaban J connectivity index is 1.33. The predicted octanol–water partition coefficient (Wildman–Crippen LogP) is 2.07. The van der Waals surface area contributed by atoms with Gasteiger partial charge < -0.3 is 14.7 Å². The average Bonchev–Trinajstić information content (AvgIpc) is 3.46. The van der Waals surface area contributed by atoms with Gasteiger partial charge in [0.2, 0.25) is 5.91 Å². The summed E-state index contributed by atoms with van der Waals surface area (Å²) in [5, 5.41) is 3.07. The second kappa shape index (κ2) is 8.55. The van der Waals surface area contributed by atoms with Crippen molar-refractivity contribution in [1.29, 1.82) is 0 Å². The van der Waals surface area contributed by atoms with E-state index < -0.39 is 6.04 Å². The number of nitrogens with zero attached hydrogens (tertiary/aromatic N) is 3. The molecule has 3 aromatic rings. The molecule has 0 unspecified atom stereocenters. The molecule has 0 aromatic carbocycles. The SMILES string of the molecule is O=C(NCCCc1ncc[nH]1)[C@H]1[C@H]2C[C@H](CN(Cc3ccco3)C2)c2cccc(=O)n21. The van der Waals surface area contributed by atoms with E-state index in [1.54, 1.807) is 35.4 Å². The van der Waals surface area contributed by atoms with Crippen molar-refractivity contribution in [2.75, 3.05) is 19.6 Å². The molecular weight excluding hydrogens is 394 g/mol. The third kappa shape index (κ3) is 4.07. The summed E-state index contributed by atoms with van der Waals surface area (Å²) < 4.78 is 7.27. The van der Waals surface area contributed by atoms with E-state index in [0.29, 0.717) is 13.1 Å². The number of piperidine rings is 1. The first-order valence-corrected chi connectivity index (χ1v) is 10.9. The first-order chi connectivity index (χ1) is 15.2. The molecule has 8 heteroatoms. The zero-order valence-corrected chi connectivity index (χ0v) is 17.4. The summed E-state index contributed by atoms with van der Waals surface area (Å²) in [5.41, 5.74) is 0.867. The lowest BCUT2D eigenvalue weighted by molar-refractivity contribution is -0.127. The lowest BCUT2D eigenvalue weighted by Crippen LogP contribution is -2.53. The third-order valence-electron chi connectivity index (χ3n) is 6.40. The number of imidazole rings is 1. The maximum atomic E-state index is 13.3. The van der Waals surface area contributed by atoms with Crippen LogP contribution in [0.15, 0.2) is 58.2 Å². The standard InChI is InChI=1S/C23H27N5O3/c29-21-7-1-5-19-16-12-17(14-27(13-16)15-18-4-3-11-31-18)22(28(19)21)23(30)26-8-2-6-20-24-9-10-25-20/h1,3-5,7,9-11,16-17,22H,2,6,8,12-15H2,(H,24,25)(H,26,30)/t16-,17+,22-/m1/s1.